The van der Waals surface area contributed by atoms with Gasteiger partial charge in [-0.1, -0.05) is 18.2 Å². The van der Waals surface area contributed by atoms with Crippen molar-refractivity contribution >= 4 is 35.8 Å². The number of rotatable bonds is 7. The van der Waals surface area contributed by atoms with Gasteiger partial charge >= 0.3 is 0 Å². The minimum Gasteiger partial charge on any atom is -0.493 e. The van der Waals surface area contributed by atoms with Gasteiger partial charge in [0.05, 0.1) is 12.6 Å². The molecular weight excluding hydrogens is 505 g/mol. The Bertz CT molecular complexity index is 716. The van der Waals surface area contributed by atoms with Gasteiger partial charge in [0, 0.05) is 52.9 Å². The van der Waals surface area contributed by atoms with Crippen LogP contribution in [0.3, 0.4) is 0 Å². The summed E-state index contributed by atoms with van der Waals surface area (Å²) in [6, 6.07) is 8.07. The maximum Gasteiger partial charge on any atom is 0.239 e. The molecule has 3 rings (SSSR count). The molecule has 2 fully saturated rings. The van der Waals surface area contributed by atoms with E-state index in [1.165, 1.54) is 0 Å². The van der Waals surface area contributed by atoms with Gasteiger partial charge in [0.25, 0.3) is 0 Å². The molecule has 1 unspecified atom stereocenters. The number of guanidine groups is 1. The Hall–Kier alpha value is -1.55. The average Bonchev–Trinajstić information content (AvgIpc) is 3.31. The van der Waals surface area contributed by atoms with Crippen molar-refractivity contribution < 1.29 is 9.53 Å². The zero-order valence-electron chi connectivity index (χ0n) is 19.2. The Morgan fingerprint density at radius 3 is 2.42 bits per heavy atom. The lowest BCUT2D eigenvalue weighted by Crippen LogP contribution is -2.57. The average molecular weight is 543 g/mol. The number of nitrogens with zero attached hydrogens (tertiary/aromatic N) is 4. The maximum atomic E-state index is 12.7. The standard InChI is InChI=1S/C23H37N5O2.HI/c1-19-9-4-5-10-21(19)30-18-8-11-25-23(24-3)28-16-14-26(15-17-28)20(2)22(29)27-12-6-7-13-27;/h4-5,9-10,20H,6-8,11-18H2,1-3H3,(H,24,25);1H. The molecule has 0 radical (unpaired) electrons. The van der Waals surface area contributed by atoms with Crippen LogP contribution in [0.2, 0.25) is 0 Å². The van der Waals surface area contributed by atoms with Gasteiger partial charge in [-0.3, -0.25) is 14.7 Å². The number of likely N-dealkylation sites (tertiary alicyclic amines) is 1. The Balaban J connectivity index is 0.00000341. The highest BCUT2D eigenvalue weighted by Gasteiger charge is 2.30. The van der Waals surface area contributed by atoms with Crippen LogP contribution in [0.4, 0.5) is 0 Å². The van der Waals surface area contributed by atoms with E-state index in [0.29, 0.717) is 6.61 Å². The highest BCUT2D eigenvalue weighted by atomic mass is 127. The Morgan fingerprint density at radius 2 is 1.77 bits per heavy atom. The van der Waals surface area contributed by atoms with Crippen LogP contribution in [0.1, 0.15) is 31.7 Å². The van der Waals surface area contributed by atoms with Gasteiger partial charge in [-0.05, 0) is 44.7 Å². The van der Waals surface area contributed by atoms with Gasteiger partial charge in [0.1, 0.15) is 5.75 Å². The van der Waals surface area contributed by atoms with E-state index < -0.39 is 0 Å². The number of hydrogen-bond donors (Lipinski definition) is 1. The second kappa shape index (κ2) is 13.1. The summed E-state index contributed by atoms with van der Waals surface area (Å²) in [7, 11) is 1.83. The normalized spacial score (nSPS) is 18.5. The summed E-state index contributed by atoms with van der Waals surface area (Å²) in [4.78, 5) is 23.7. The molecule has 1 atom stereocenters. The second-order valence-electron chi connectivity index (χ2n) is 8.17. The molecule has 2 aliphatic heterocycles. The third-order valence-electron chi connectivity index (χ3n) is 6.10. The van der Waals surface area contributed by atoms with E-state index >= 15 is 0 Å². The third kappa shape index (κ3) is 7.24. The van der Waals surface area contributed by atoms with E-state index in [-0.39, 0.29) is 35.9 Å². The lowest BCUT2D eigenvalue weighted by atomic mass is 10.2. The molecule has 2 saturated heterocycles. The number of aryl methyl sites for hydroxylation is 1. The SMILES string of the molecule is CN=C(NCCCOc1ccccc1C)N1CCN(C(C)C(=O)N2CCCC2)CC1.I. The lowest BCUT2D eigenvalue weighted by Gasteiger charge is -2.39. The number of piperazine rings is 1. The molecule has 174 valence electrons. The highest BCUT2D eigenvalue weighted by molar-refractivity contribution is 14.0. The topological polar surface area (TPSA) is 60.4 Å². The molecule has 7 nitrogen and oxygen atoms in total. The van der Waals surface area contributed by atoms with Crippen molar-refractivity contribution in [3.63, 3.8) is 0 Å². The van der Waals surface area contributed by atoms with Crippen molar-refractivity contribution in [3.8, 4) is 5.75 Å². The monoisotopic (exact) mass is 543 g/mol. The zero-order valence-corrected chi connectivity index (χ0v) is 21.5. The summed E-state index contributed by atoms with van der Waals surface area (Å²) in [5, 5.41) is 3.45. The summed E-state index contributed by atoms with van der Waals surface area (Å²) in [6.45, 7) is 11.0. The van der Waals surface area contributed by atoms with Crippen LogP contribution < -0.4 is 10.1 Å². The van der Waals surface area contributed by atoms with Crippen LogP contribution in [0.25, 0.3) is 0 Å². The van der Waals surface area contributed by atoms with Crippen molar-refractivity contribution in [3.05, 3.63) is 29.8 Å². The summed E-state index contributed by atoms with van der Waals surface area (Å²) in [5.74, 6) is 2.18. The van der Waals surface area contributed by atoms with Gasteiger partial charge in [-0.2, -0.15) is 0 Å². The first-order valence-electron chi connectivity index (χ1n) is 11.3. The number of hydrogen-bond acceptors (Lipinski definition) is 4. The van der Waals surface area contributed by atoms with Crippen molar-refractivity contribution in [2.24, 2.45) is 4.99 Å². The van der Waals surface area contributed by atoms with Crippen molar-refractivity contribution in [2.75, 3.05) is 59.5 Å². The zero-order chi connectivity index (χ0) is 21.3. The van der Waals surface area contributed by atoms with Gasteiger partial charge < -0.3 is 19.9 Å². The molecule has 1 N–H and O–H groups in total. The molecule has 0 aliphatic carbocycles. The predicted octanol–water partition coefficient (Wildman–Crippen LogP) is 2.59. The summed E-state index contributed by atoms with van der Waals surface area (Å²) < 4.78 is 5.87. The number of benzene rings is 1. The van der Waals surface area contributed by atoms with Crippen LogP contribution >= 0.6 is 24.0 Å². The third-order valence-corrected chi connectivity index (χ3v) is 6.10. The minimum atomic E-state index is -0.0289. The van der Waals surface area contributed by atoms with Crippen molar-refractivity contribution in [1.82, 2.24) is 20.0 Å². The van der Waals surface area contributed by atoms with E-state index in [0.717, 1.165) is 82.3 Å². The number of carbonyl (C=O) groups excluding carboxylic acids is 1. The minimum absolute atomic E-state index is 0. The smallest absolute Gasteiger partial charge is 0.239 e. The fourth-order valence-electron chi connectivity index (χ4n) is 4.18. The number of amides is 1. The number of carbonyl (C=O) groups is 1. The van der Waals surface area contributed by atoms with E-state index in [9.17, 15) is 4.79 Å². The van der Waals surface area contributed by atoms with Gasteiger partial charge in [0.15, 0.2) is 5.96 Å². The van der Waals surface area contributed by atoms with Gasteiger partial charge in [0.2, 0.25) is 5.91 Å². The number of ether oxygens (including phenoxy) is 1. The fraction of sp³-hybridized carbons (Fsp3) is 0.652. The first-order chi connectivity index (χ1) is 14.6. The number of aliphatic imine (C=N–C) groups is 1. The van der Waals surface area contributed by atoms with Gasteiger partial charge in [-0.15, -0.1) is 24.0 Å². The molecule has 1 aromatic rings. The van der Waals surface area contributed by atoms with Crippen LogP contribution in [-0.4, -0.2) is 92.1 Å². The van der Waals surface area contributed by atoms with Crippen molar-refractivity contribution in [1.29, 1.82) is 0 Å². The first-order valence-corrected chi connectivity index (χ1v) is 11.3. The molecule has 0 aromatic heterocycles. The molecule has 1 aromatic carbocycles. The van der Waals surface area contributed by atoms with Gasteiger partial charge in [-0.25, -0.2) is 0 Å². The first kappa shape index (κ1) is 25.7. The number of nitrogens with one attached hydrogen (secondary N) is 1. The van der Waals surface area contributed by atoms with E-state index in [2.05, 4.69) is 40.0 Å². The largest absolute Gasteiger partial charge is 0.493 e. The molecule has 2 aliphatic rings. The van der Waals surface area contributed by atoms with Crippen LogP contribution in [0.15, 0.2) is 29.3 Å². The van der Waals surface area contributed by atoms with Crippen LogP contribution in [0, 0.1) is 6.92 Å². The summed E-state index contributed by atoms with van der Waals surface area (Å²) in [6.07, 6.45) is 3.20. The molecule has 1 amide bonds. The molecule has 8 heteroatoms. The van der Waals surface area contributed by atoms with Crippen LogP contribution in [-0.2, 0) is 4.79 Å². The maximum absolute atomic E-state index is 12.7. The van der Waals surface area contributed by atoms with Crippen molar-refractivity contribution in [2.45, 2.75) is 39.2 Å². The second-order valence-corrected chi connectivity index (χ2v) is 8.17. The number of halogens is 1. The summed E-state index contributed by atoms with van der Waals surface area (Å²) >= 11 is 0. The highest BCUT2D eigenvalue weighted by Crippen LogP contribution is 2.16. The predicted molar refractivity (Wildman–Crippen MR) is 136 cm³/mol. The molecular formula is C23H38IN5O2. The fourth-order valence-corrected chi connectivity index (χ4v) is 4.18. The Morgan fingerprint density at radius 1 is 1.10 bits per heavy atom. The molecule has 0 saturated carbocycles. The van der Waals surface area contributed by atoms with E-state index in [1.807, 2.05) is 30.1 Å². The van der Waals surface area contributed by atoms with E-state index in [1.54, 1.807) is 0 Å². The molecule has 2 heterocycles. The molecule has 0 bridgehead atoms. The molecule has 0 spiro atoms. The Labute approximate surface area is 204 Å². The molecule has 31 heavy (non-hydrogen) atoms. The number of para-hydroxylation sites is 1. The Kier molecular flexibility index (Phi) is 10.9. The lowest BCUT2D eigenvalue weighted by molar-refractivity contribution is -0.135. The summed E-state index contributed by atoms with van der Waals surface area (Å²) in [5.41, 5.74) is 1.16. The quantitative estimate of drug-likeness (QED) is 0.248. The van der Waals surface area contributed by atoms with E-state index in [4.69, 9.17) is 4.74 Å². The van der Waals surface area contributed by atoms with Crippen LogP contribution in [0.5, 0.6) is 5.75 Å².